The number of rotatable bonds is 3. The Balaban J connectivity index is 2.19. The largest absolute Gasteiger partial charge is 0.454 e. The Kier molecular flexibility index (Phi) is 2.84. The van der Waals surface area contributed by atoms with Crippen LogP contribution in [0.25, 0.3) is 0 Å². The third kappa shape index (κ3) is 1.81. The van der Waals surface area contributed by atoms with E-state index in [0.717, 1.165) is 22.8 Å². The fourth-order valence-corrected chi connectivity index (χ4v) is 1.97. The van der Waals surface area contributed by atoms with Gasteiger partial charge < -0.3 is 15.2 Å². The zero-order valence-electron chi connectivity index (χ0n) is 8.03. The number of benzene rings is 1. The van der Waals surface area contributed by atoms with Crippen LogP contribution in [0.3, 0.4) is 0 Å². The molecule has 0 saturated heterocycles. The predicted octanol–water partition coefficient (Wildman–Crippen LogP) is 1.78. The number of nitrogens with two attached hydrogens (primary N) is 1. The van der Waals surface area contributed by atoms with E-state index < -0.39 is 0 Å². The maximum atomic E-state index is 5.98. The van der Waals surface area contributed by atoms with E-state index in [0.29, 0.717) is 6.79 Å². The van der Waals surface area contributed by atoms with Gasteiger partial charge in [0.2, 0.25) is 6.79 Å². The summed E-state index contributed by atoms with van der Waals surface area (Å²) in [4.78, 5) is 0. The van der Waals surface area contributed by atoms with E-state index in [1.54, 1.807) is 11.8 Å². The first-order valence-corrected chi connectivity index (χ1v) is 5.84. The van der Waals surface area contributed by atoms with Crippen LogP contribution in [0.1, 0.15) is 11.6 Å². The predicted molar refractivity (Wildman–Crippen MR) is 57.9 cm³/mol. The molecule has 0 bridgehead atoms. The molecule has 1 heterocycles. The summed E-state index contributed by atoms with van der Waals surface area (Å²) in [5.41, 5.74) is 7.08. The Morgan fingerprint density at radius 2 is 2.21 bits per heavy atom. The summed E-state index contributed by atoms with van der Waals surface area (Å²) in [6, 6.07) is 5.94. The summed E-state index contributed by atoms with van der Waals surface area (Å²) in [5.74, 6) is 2.53. The van der Waals surface area contributed by atoms with Crippen molar-refractivity contribution >= 4 is 11.8 Å². The molecule has 4 heteroatoms. The molecule has 1 aliphatic heterocycles. The van der Waals surface area contributed by atoms with Gasteiger partial charge in [0, 0.05) is 11.8 Å². The molecule has 1 aromatic carbocycles. The number of ether oxygens (including phenoxy) is 2. The van der Waals surface area contributed by atoms with Crippen molar-refractivity contribution in [2.24, 2.45) is 5.73 Å². The number of thioether (sulfide) groups is 1. The highest BCUT2D eigenvalue weighted by Gasteiger charge is 2.15. The Morgan fingerprint density at radius 3 is 3.00 bits per heavy atom. The lowest BCUT2D eigenvalue weighted by molar-refractivity contribution is 0.174. The van der Waals surface area contributed by atoms with E-state index in [1.165, 1.54) is 0 Å². The van der Waals surface area contributed by atoms with E-state index in [4.69, 9.17) is 15.2 Å². The third-order valence-electron chi connectivity index (χ3n) is 2.17. The van der Waals surface area contributed by atoms with Gasteiger partial charge in [0.1, 0.15) is 0 Å². The normalized spacial score (nSPS) is 15.6. The molecule has 1 unspecified atom stereocenters. The van der Waals surface area contributed by atoms with Crippen molar-refractivity contribution in [2.75, 3.05) is 18.8 Å². The van der Waals surface area contributed by atoms with Crippen LogP contribution in [0.2, 0.25) is 0 Å². The molecule has 0 amide bonds. The van der Waals surface area contributed by atoms with Crippen molar-refractivity contribution < 1.29 is 9.47 Å². The molecule has 2 N–H and O–H groups in total. The highest BCUT2D eigenvalue weighted by atomic mass is 32.2. The summed E-state index contributed by atoms with van der Waals surface area (Å²) < 4.78 is 10.5. The van der Waals surface area contributed by atoms with Gasteiger partial charge in [0.05, 0.1) is 0 Å². The molecule has 1 aliphatic rings. The first-order valence-electron chi connectivity index (χ1n) is 4.45. The van der Waals surface area contributed by atoms with Crippen LogP contribution in [0.15, 0.2) is 18.2 Å². The molecule has 0 aromatic heterocycles. The quantitative estimate of drug-likeness (QED) is 0.827. The molecule has 0 fully saturated rings. The van der Waals surface area contributed by atoms with Crippen LogP contribution in [0, 0.1) is 0 Å². The van der Waals surface area contributed by atoms with E-state index in [9.17, 15) is 0 Å². The Bertz CT molecular complexity index is 330. The average Bonchev–Trinajstić information content (AvgIpc) is 2.64. The van der Waals surface area contributed by atoms with Crippen LogP contribution >= 0.6 is 11.8 Å². The summed E-state index contributed by atoms with van der Waals surface area (Å²) in [7, 11) is 0. The zero-order valence-corrected chi connectivity index (χ0v) is 8.84. The molecular weight excluding hydrogens is 198 g/mol. The van der Waals surface area contributed by atoms with Gasteiger partial charge in [-0.1, -0.05) is 6.07 Å². The molecule has 14 heavy (non-hydrogen) atoms. The fraction of sp³-hybridized carbons (Fsp3) is 0.400. The molecule has 0 aliphatic carbocycles. The minimum atomic E-state index is 0.0690. The van der Waals surface area contributed by atoms with Crippen molar-refractivity contribution in [3.63, 3.8) is 0 Å². The van der Waals surface area contributed by atoms with Gasteiger partial charge in [-0.3, -0.25) is 0 Å². The maximum Gasteiger partial charge on any atom is 0.231 e. The van der Waals surface area contributed by atoms with Gasteiger partial charge in [0.15, 0.2) is 11.5 Å². The second-order valence-electron chi connectivity index (χ2n) is 3.17. The molecule has 1 aromatic rings. The van der Waals surface area contributed by atoms with Gasteiger partial charge in [-0.05, 0) is 24.0 Å². The highest BCUT2D eigenvalue weighted by Crippen LogP contribution is 2.34. The maximum absolute atomic E-state index is 5.98. The first-order chi connectivity index (χ1) is 6.81. The molecular formula is C10H13NO2S. The lowest BCUT2D eigenvalue weighted by Crippen LogP contribution is -2.12. The summed E-state index contributed by atoms with van der Waals surface area (Å²) in [6.07, 6.45) is 2.05. The van der Waals surface area contributed by atoms with Gasteiger partial charge in [-0.2, -0.15) is 11.8 Å². The van der Waals surface area contributed by atoms with Gasteiger partial charge >= 0.3 is 0 Å². The monoisotopic (exact) mass is 211 g/mol. The zero-order chi connectivity index (χ0) is 9.97. The van der Waals surface area contributed by atoms with E-state index in [-0.39, 0.29) is 6.04 Å². The van der Waals surface area contributed by atoms with Crippen LogP contribution < -0.4 is 15.2 Å². The smallest absolute Gasteiger partial charge is 0.231 e. The van der Waals surface area contributed by atoms with Crippen LogP contribution in [0.5, 0.6) is 11.5 Å². The number of fused-ring (bicyclic) bond motifs is 1. The molecule has 0 saturated carbocycles. The van der Waals surface area contributed by atoms with Crippen LogP contribution in [0.4, 0.5) is 0 Å². The number of hydrogen-bond donors (Lipinski definition) is 1. The van der Waals surface area contributed by atoms with Gasteiger partial charge in [-0.25, -0.2) is 0 Å². The SMILES string of the molecule is CSCC(N)c1ccc2c(c1)OCO2. The summed E-state index contributed by atoms with van der Waals surface area (Å²) >= 11 is 1.74. The Hall–Kier alpha value is -0.870. The van der Waals surface area contributed by atoms with Crippen molar-refractivity contribution in [3.8, 4) is 11.5 Å². The molecule has 76 valence electrons. The molecule has 1 atom stereocenters. The van der Waals surface area contributed by atoms with Crippen LogP contribution in [-0.2, 0) is 0 Å². The first kappa shape index (κ1) is 9.68. The topological polar surface area (TPSA) is 44.5 Å². The standard InChI is InChI=1S/C10H13NO2S/c1-14-5-8(11)7-2-3-9-10(4-7)13-6-12-9/h2-4,8H,5-6,11H2,1H3. The van der Waals surface area contributed by atoms with Crippen molar-refractivity contribution in [1.82, 2.24) is 0 Å². The second kappa shape index (κ2) is 4.11. The van der Waals surface area contributed by atoms with E-state index >= 15 is 0 Å². The lowest BCUT2D eigenvalue weighted by atomic mass is 10.1. The molecule has 0 radical (unpaired) electrons. The minimum absolute atomic E-state index is 0.0690. The second-order valence-corrected chi connectivity index (χ2v) is 4.09. The average molecular weight is 211 g/mol. The van der Waals surface area contributed by atoms with Crippen molar-refractivity contribution in [2.45, 2.75) is 6.04 Å². The summed E-state index contributed by atoms with van der Waals surface area (Å²) in [5, 5.41) is 0. The summed E-state index contributed by atoms with van der Waals surface area (Å²) in [6.45, 7) is 0.316. The fourth-order valence-electron chi connectivity index (χ4n) is 1.42. The van der Waals surface area contributed by atoms with E-state index in [1.807, 2.05) is 24.5 Å². The van der Waals surface area contributed by atoms with E-state index in [2.05, 4.69) is 0 Å². The molecule has 0 spiro atoms. The van der Waals surface area contributed by atoms with Gasteiger partial charge in [0.25, 0.3) is 0 Å². The Morgan fingerprint density at radius 1 is 1.43 bits per heavy atom. The molecule has 2 rings (SSSR count). The van der Waals surface area contributed by atoms with Crippen molar-refractivity contribution in [1.29, 1.82) is 0 Å². The number of hydrogen-bond acceptors (Lipinski definition) is 4. The minimum Gasteiger partial charge on any atom is -0.454 e. The van der Waals surface area contributed by atoms with Gasteiger partial charge in [-0.15, -0.1) is 0 Å². The van der Waals surface area contributed by atoms with Crippen LogP contribution in [-0.4, -0.2) is 18.8 Å². The molecule has 3 nitrogen and oxygen atoms in total. The lowest BCUT2D eigenvalue weighted by Gasteiger charge is -2.10. The highest BCUT2D eigenvalue weighted by molar-refractivity contribution is 7.98. The Labute approximate surface area is 87.6 Å². The third-order valence-corrected chi connectivity index (χ3v) is 2.86. The van der Waals surface area contributed by atoms with Crippen molar-refractivity contribution in [3.05, 3.63) is 23.8 Å².